The number of aromatic nitrogens is 2. The number of pyridine rings is 1. The number of halogens is 2. The number of H-pyrrole nitrogens is 1. The molecule has 1 aromatic carbocycles. The van der Waals surface area contributed by atoms with E-state index in [9.17, 15) is 13.6 Å². The number of hydrogen-bond acceptors (Lipinski definition) is 3. The first-order valence-corrected chi connectivity index (χ1v) is 8.09. The van der Waals surface area contributed by atoms with Crippen LogP contribution >= 0.6 is 0 Å². The number of carbonyl (C=O) groups is 1. The number of nitrogens with one attached hydrogen (secondary N) is 2. The summed E-state index contributed by atoms with van der Waals surface area (Å²) in [6.07, 6.45) is 4.62. The van der Waals surface area contributed by atoms with Crippen molar-refractivity contribution in [3.8, 4) is 11.1 Å². The van der Waals surface area contributed by atoms with Gasteiger partial charge in [0.2, 0.25) is 5.91 Å². The molecule has 0 aliphatic carbocycles. The molecule has 7 heteroatoms. The molecule has 3 heterocycles. The lowest BCUT2D eigenvalue weighted by Gasteiger charge is -2.40. The molecular weight excluding hydrogens is 338 g/mol. The molecule has 0 saturated carbocycles. The number of anilines is 2. The maximum absolute atomic E-state index is 13.2. The molecule has 0 spiro atoms. The topological polar surface area (TPSA) is 61.0 Å². The van der Waals surface area contributed by atoms with Gasteiger partial charge in [-0.3, -0.25) is 4.79 Å². The van der Waals surface area contributed by atoms with Crippen LogP contribution in [0.5, 0.6) is 0 Å². The van der Waals surface area contributed by atoms with Crippen LogP contribution in [0.3, 0.4) is 0 Å². The Labute approximate surface area is 148 Å². The molecule has 0 unspecified atom stereocenters. The smallest absolute Gasteiger partial charge is 0.282 e. The van der Waals surface area contributed by atoms with Gasteiger partial charge in [0.15, 0.2) is 0 Å². The Hall–Kier alpha value is -3.22. The molecule has 1 fully saturated rings. The monoisotopic (exact) mass is 354 g/mol. The molecule has 1 saturated heterocycles. The lowest BCUT2D eigenvalue weighted by Crippen LogP contribution is -2.56. The third-order valence-electron chi connectivity index (χ3n) is 4.34. The Balaban J connectivity index is 1.68. The quantitative estimate of drug-likeness (QED) is 0.701. The molecule has 1 amide bonds. The number of fused-ring (bicyclic) bond motifs is 1. The second-order valence-electron chi connectivity index (χ2n) is 6.28. The highest BCUT2D eigenvalue weighted by atomic mass is 19.3. The third-order valence-corrected chi connectivity index (χ3v) is 4.34. The molecule has 5 nitrogen and oxygen atoms in total. The number of rotatable bonds is 4. The van der Waals surface area contributed by atoms with E-state index in [-0.39, 0.29) is 19.0 Å². The second-order valence-corrected chi connectivity index (χ2v) is 6.28. The SMILES string of the molecule is C=CC(=O)Nc1cccc(-c2cnc3[nH]cc(N4CC(F)(F)C4)c3c2)c1. The van der Waals surface area contributed by atoms with Crippen molar-refractivity contribution in [3.05, 3.63) is 55.4 Å². The molecule has 132 valence electrons. The molecule has 1 aliphatic rings. The van der Waals surface area contributed by atoms with E-state index in [1.165, 1.54) is 6.08 Å². The number of aromatic amines is 1. The molecule has 2 aromatic heterocycles. The van der Waals surface area contributed by atoms with Crippen molar-refractivity contribution in [3.63, 3.8) is 0 Å². The van der Waals surface area contributed by atoms with Gasteiger partial charge < -0.3 is 15.2 Å². The van der Waals surface area contributed by atoms with E-state index < -0.39 is 5.92 Å². The Morgan fingerprint density at radius 2 is 2.12 bits per heavy atom. The van der Waals surface area contributed by atoms with Gasteiger partial charge in [-0.25, -0.2) is 13.8 Å². The second kappa shape index (κ2) is 5.94. The number of nitrogens with zero attached hydrogens (tertiary/aromatic N) is 2. The van der Waals surface area contributed by atoms with Crippen molar-refractivity contribution in [1.82, 2.24) is 9.97 Å². The number of carbonyl (C=O) groups excluding carboxylic acids is 1. The van der Waals surface area contributed by atoms with Crippen LogP contribution in [-0.4, -0.2) is 34.9 Å². The van der Waals surface area contributed by atoms with Gasteiger partial charge in [-0.15, -0.1) is 0 Å². The first kappa shape index (κ1) is 16.3. The van der Waals surface area contributed by atoms with Crippen molar-refractivity contribution in [1.29, 1.82) is 0 Å². The summed E-state index contributed by atoms with van der Waals surface area (Å²) in [4.78, 5) is 20.5. The summed E-state index contributed by atoms with van der Waals surface area (Å²) >= 11 is 0. The first-order valence-electron chi connectivity index (χ1n) is 8.09. The number of alkyl halides is 2. The lowest BCUT2D eigenvalue weighted by atomic mass is 10.0. The van der Waals surface area contributed by atoms with Crippen LogP contribution in [0.4, 0.5) is 20.2 Å². The Morgan fingerprint density at radius 3 is 2.85 bits per heavy atom. The van der Waals surface area contributed by atoms with E-state index in [0.717, 1.165) is 22.2 Å². The normalized spacial score (nSPS) is 15.5. The van der Waals surface area contributed by atoms with Crippen LogP contribution in [-0.2, 0) is 4.79 Å². The summed E-state index contributed by atoms with van der Waals surface area (Å²) in [7, 11) is 0. The predicted octanol–water partition coefficient (Wildman–Crippen LogP) is 3.81. The molecule has 0 radical (unpaired) electrons. The van der Waals surface area contributed by atoms with Gasteiger partial charge in [0, 0.05) is 29.0 Å². The summed E-state index contributed by atoms with van der Waals surface area (Å²) in [5, 5.41) is 3.51. The van der Waals surface area contributed by atoms with Crippen LogP contribution in [0.1, 0.15) is 0 Å². The van der Waals surface area contributed by atoms with Crippen LogP contribution in [0, 0.1) is 0 Å². The molecular formula is C19H16F2N4O. The Kier molecular flexibility index (Phi) is 3.72. The lowest BCUT2D eigenvalue weighted by molar-refractivity contribution is -0.111. The van der Waals surface area contributed by atoms with E-state index in [1.54, 1.807) is 23.4 Å². The van der Waals surface area contributed by atoms with Crippen molar-refractivity contribution in [2.45, 2.75) is 5.92 Å². The highest BCUT2D eigenvalue weighted by Gasteiger charge is 2.44. The van der Waals surface area contributed by atoms with E-state index in [2.05, 4.69) is 21.9 Å². The summed E-state index contributed by atoms with van der Waals surface area (Å²) < 4.78 is 26.4. The van der Waals surface area contributed by atoms with Gasteiger partial charge in [-0.1, -0.05) is 18.7 Å². The van der Waals surface area contributed by atoms with Gasteiger partial charge in [0.25, 0.3) is 5.92 Å². The molecule has 26 heavy (non-hydrogen) atoms. The Morgan fingerprint density at radius 1 is 1.31 bits per heavy atom. The number of hydrogen-bond donors (Lipinski definition) is 2. The highest BCUT2D eigenvalue weighted by Crippen LogP contribution is 2.37. The maximum Gasteiger partial charge on any atom is 0.282 e. The minimum atomic E-state index is -2.63. The highest BCUT2D eigenvalue weighted by molar-refractivity contribution is 5.99. The molecule has 1 aliphatic heterocycles. The largest absolute Gasteiger partial charge is 0.358 e. The van der Waals surface area contributed by atoms with Gasteiger partial charge in [0.05, 0.1) is 18.8 Å². The van der Waals surface area contributed by atoms with Crippen molar-refractivity contribution < 1.29 is 13.6 Å². The fourth-order valence-corrected chi connectivity index (χ4v) is 3.06. The van der Waals surface area contributed by atoms with Gasteiger partial charge in [-0.2, -0.15) is 0 Å². The minimum absolute atomic E-state index is 0.284. The third kappa shape index (κ3) is 2.92. The predicted molar refractivity (Wildman–Crippen MR) is 97.5 cm³/mol. The van der Waals surface area contributed by atoms with Crippen molar-refractivity contribution in [2.75, 3.05) is 23.3 Å². The zero-order chi connectivity index (χ0) is 18.3. The molecule has 4 rings (SSSR count). The van der Waals surface area contributed by atoms with Crippen LogP contribution < -0.4 is 10.2 Å². The van der Waals surface area contributed by atoms with E-state index in [1.807, 2.05) is 24.3 Å². The molecule has 0 bridgehead atoms. The van der Waals surface area contributed by atoms with Crippen LogP contribution in [0.2, 0.25) is 0 Å². The average molecular weight is 354 g/mol. The van der Waals surface area contributed by atoms with Crippen LogP contribution in [0.15, 0.2) is 55.4 Å². The average Bonchev–Trinajstić information content (AvgIpc) is 3.02. The zero-order valence-electron chi connectivity index (χ0n) is 13.8. The van der Waals surface area contributed by atoms with E-state index in [4.69, 9.17) is 0 Å². The maximum atomic E-state index is 13.2. The zero-order valence-corrected chi connectivity index (χ0v) is 13.8. The summed E-state index contributed by atoms with van der Waals surface area (Å²) in [6, 6.07) is 9.25. The fourth-order valence-electron chi connectivity index (χ4n) is 3.06. The van der Waals surface area contributed by atoms with Crippen molar-refractivity contribution >= 4 is 28.3 Å². The van der Waals surface area contributed by atoms with Gasteiger partial charge >= 0.3 is 0 Å². The number of benzene rings is 1. The Bertz CT molecular complexity index is 1000. The van der Waals surface area contributed by atoms with Gasteiger partial charge in [-0.05, 0) is 29.8 Å². The van der Waals surface area contributed by atoms with Crippen LogP contribution in [0.25, 0.3) is 22.2 Å². The van der Waals surface area contributed by atoms with E-state index in [0.29, 0.717) is 11.3 Å². The van der Waals surface area contributed by atoms with Crippen molar-refractivity contribution in [2.24, 2.45) is 0 Å². The summed E-state index contributed by atoms with van der Waals surface area (Å²) in [5.74, 6) is -2.92. The molecule has 3 aromatic rings. The fraction of sp³-hybridized carbons (Fsp3) is 0.158. The standard InChI is InChI=1S/C19H16F2N4O/c1-2-17(26)24-14-5-3-4-12(6-14)13-7-15-16(9-23-18(15)22-8-13)25-10-19(20,21)11-25/h2-9H,1,10-11H2,(H,22,23)(H,24,26). The van der Waals surface area contributed by atoms with Gasteiger partial charge in [0.1, 0.15) is 5.65 Å². The first-order chi connectivity index (χ1) is 12.4. The number of amides is 1. The molecule has 2 N–H and O–H groups in total. The summed E-state index contributed by atoms with van der Waals surface area (Å²) in [6.45, 7) is 2.86. The summed E-state index contributed by atoms with van der Waals surface area (Å²) in [5.41, 5.74) is 3.71. The molecule has 0 atom stereocenters. The minimum Gasteiger partial charge on any atom is -0.358 e. The van der Waals surface area contributed by atoms with E-state index >= 15 is 0 Å².